The zero-order chi connectivity index (χ0) is 13.5. The molecule has 0 aliphatic carbocycles. The Morgan fingerprint density at radius 3 is 1.83 bits per heavy atom. The maximum Gasteiger partial charge on any atom is 0.336 e. The van der Waals surface area contributed by atoms with Crippen molar-refractivity contribution in [3.63, 3.8) is 0 Å². The lowest BCUT2D eigenvalue weighted by Crippen LogP contribution is -2.08. The molecular weight excluding hydrogens is 228 g/mol. The number of unbranched alkanes of at least 4 members (excludes halogenated alkanes) is 2. The van der Waals surface area contributed by atoms with Gasteiger partial charge in [0, 0.05) is 0 Å². The van der Waals surface area contributed by atoms with Crippen LogP contribution in [0.1, 0.15) is 61.0 Å². The van der Waals surface area contributed by atoms with E-state index in [1.54, 1.807) is 12.1 Å². The van der Waals surface area contributed by atoms with E-state index in [1.807, 2.05) is 0 Å². The number of carbonyl (C=O) groups is 1. The van der Waals surface area contributed by atoms with Gasteiger partial charge in [-0.3, -0.25) is 0 Å². The van der Waals surface area contributed by atoms with Gasteiger partial charge in [-0.2, -0.15) is 0 Å². The van der Waals surface area contributed by atoms with Gasteiger partial charge in [-0.15, -0.1) is 0 Å². The fourth-order valence-corrected chi connectivity index (χ4v) is 2.15. The van der Waals surface area contributed by atoms with E-state index in [-0.39, 0.29) is 5.75 Å². The Morgan fingerprint density at radius 1 is 1.06 bits per heavy atom. The van der Waals surface area contributed by atoms with Crippen LogP contribution in [0.5, 0.6) is 5.75 Å². The van der Waals surface area contributed by atoms with E-state index in [2.05, 4.69) is 13.8 Å². The SMILES string of the molecule is CCCCc1cc(O)cc(CCCC)c1C(=O)O. The molecule has 0 bridgehead atoms. The number of rotatable bonds is 7. The van der Waals surface area contributed by atoms with E-state index in [1.165, 1.54) is 0 Å². The summed E-state index contributed by atoms with van der Waals surface area (Å²) < 4.78 is 0. The summed E-state index contributed by atoms with van der Waals surface area (Å²) in [4.78, 5) is 11.4. The van der Waals surface area contributed by atoms with Gasteiger partial charge in [0.1, 0.15) is 5.75 Å². The van der Waals surface area contributed by atoms with Gasteiger partial charge in [0.15, 0.2) is 0 Å². The van der Waals surface area contributed by atoms with Crippen LogP contribution in [0.3, 0.4) is 0 Å². The predicted molar refractivity (Wildman–Crippen MR) is 72.3 cm³/mol. The van der Waals surface area contributed by atoms with Gasteiger partial charge in [-0.1, -0.05) is 26.7 Å². The number of benzene rings is 1. The van der Waals surface area contributed by atoms with Crippen LogP contribution in [0.25, 0.3) is 0 Å². The van der Waals surface area contributed by atoms with Crippen LogP contribution < -0.4 is 0 Å². The van der Waals surface area contributed by atoms with Crippen molar-refractivity contribution in [2.75, 3.05) is 0 Å². The highest BCUT2D eigenvalue weighted by Gasteiger charge is 2.16. The van der Waals surface area contributed by atoms with Crippen LogP contribution >= 0.6 is 0 Å². The molecule has 0 aromatic heterocycles. The summed E-state index contributed by atoms with van der Waals surface area (Å²) in [6.45, 7) is 4.14. The van der Waals surface area contributed by atoms with E-state index < -0.39 is 5.97 Å². The number of phenols is 1. The van der Waals surface area contributed by atoms with Crippen LogP contribution in [0.2, 0.25) is 0 Å². The molecule has 0 saturated heterocycles. The van der Waals surface area contributed by atoms with E-state index in [0.29, 0.717) is 18.4 Å². The Morgan fingerprint density at radius 2 is 1.50 bits per heavy atom. The van der Waals surface area contributed by atoms with E-state index in [9.17, 15) is 15.0 Å². The first-order chi connectivity index (χ1) is 8.60. The number of aromatic carboxylic acids is 1. The molecule has 0 amide bonds. The van der Waals surface area contributed by atoms with E-state index in [0.717, 1.165) is 36.8 Å². The zero-order valence-electron chi connectivity index (χ0n) is 11.2. The molecular formula is C15H22O3. The summed E-state index contributed by atoms with van der Waals surface area (Å²) in [7, 11) is 0. The summed E-state index contributed by atoms with van der Waals surface area (Å²) >= 11 is 0. The first-order valence-corrected chi connectivity index (χ1v) is 6.68. The predicted octanol–water partition coefficient (Wildman–Crippen LogP) is 3.78. The second-order valence-corrected chi connectivity index (χ2v) is 4.65. The first kappa shape index (κ1) is 14.6. The normalized spacial score (nSPS) is 10.6. The Labute approximate surface area is 108 Å². The molecule has 0 saturated carbocycles. The number of carboxylic acid groups (broad SMARTS) is 1. The van der Waals surface area contributed by atoms with Crippen molar-refractivity contribution in [3.8, 4) is 5.75 Å². The fraction of sp³-hybridized carbons (Fsp3) is 0.533. The summed E-state index contributed by atoms with van der Waals surface area (Å²) in [5, 5.41) is 19.1. The van der Waals surface area contributed by atoms with Crippen molar-refractivity contribution >= 4 is 5.97 Å². The molecule has 100 valence electrons. The quantitative estimate of drug-likeness (QED) is 0.774. The van der Waals surface area contributed by atoms with Crippen molar-refractivity contribution in [3.05, 3.63) is 28.8 Å². The molecule has 0 aliphatic heterocycles. The summed E-state index contributed by atoms with van der Waals surface area (Å²) in [5.41, 5.74) is 1.92. The van der Waals surface area contributed by atoms with Crippen LogP contribution in [0.4, 0.5) is 0 Å². The molecule has 18 heavy (non-hydrogen) atoms. The molecule has 1 aromatic carbocycles. The van der Waals surface area contributed by atoms with Crippen molar-refractivity contribution in [1.29, 1.82) is 0 Å². The summed E-state index contributed by atoms with van der Waals surface area (Å²) in [6.07, 6.45) is 5.34. The molecule has 2 N–H and O–H groups in total. The number of aryl methyl sites for hydroxylation is 2. The van der Waals surface area contributed by atoms with E-state index >= 15 is 0 Å². The van der Waals surface area contributed by atoms with Gasteiger partial charge in [0.2, 0.25) is 0 Å². The molecule has 0 unspecified atom stereocenters. The van der Waals surface area contributed by atoms with Crippen molar-refractivity contribution in [1.82, 2.24) is 0 Å². The maximum absolute atomic E-state index is 11.4. The smallest absolute Gasteiger partial charge is 0.336 e. The fourth-order valence-electron chi connectivity index (χ4n) is 2.15. The molecule has 1 rings (SSSR count). The minimum Gasteiger partial charge on any atom is -0.508 e. The van der Waals surface area contributed by atoms with Gasteiger partial charge < -0.3 is 10.2 Å². The third-order valence-corrected chi connectivity index (χ3v) is 3.10. The first-order valence-electron chi connectivity index (χ1n) is 6.68. The summed E-state index contributed by atoms with van der Waals surface area (Å²) in [6, 6.07) is 3.18. The molecule has 3 heteroatoms. The maximum atomic E-state index is 11.4. The second kappa shape index (κ2) is 7.04. The Balaban J connectivity index is 3.13. The Hall–Kier alpha value is -1.51. The van der Waals surface area contributed by atoms with Gasteiger partial charge in [-0.05, 0) is 48.9 Å². The molecule has 0 atom stereocenters. The lowest BCUT2D eigenvalue weighted by molar-refractivity contribution is 0.0694. The molecule has 0 fully saturated rings. The highest BCUT2D eigenvalue weighted by Crippen LogP contribution is 2.25. The van der Waals surface area contributed by atoms with Crippen molar-refractivity contribution in [2.45, 2.75) is 52.4 Å². The van der Waals surface area contributed by atoms with Crippen LogP contribution in [-0.2, 0) is 12.8 Å². The van der Waals surface area contributed by atoms with Crippen LogP contribution in [-0.4, -0.2) is 16.2 Å². The monoisotopic (exact) mass is 250 g/mol. The number of hydrogen-bond donors (Lipinski definition) is 2. The third kappa shape index (κ3) is 3.76. The lowest BCUT2D eigenvalue weighted by atomic mass is 9.94. The lowest BCUT2D eigenvalue weighted by Gasteiger charge is -2.12. The van der Waals surface area contributed by atoms with Gasteiger partial charge in [-0.25, -0.2) is 4.79 Å². The zero-order valence-corrected chi connectivity index (χ0v) is 11.2. The summed E-state index contributed by atoms with van der Waals surface area (Å²) in [5.74, 6) is -0.704. The minimum atomic E-state index is -0.882. The van der Waals surface area contributed by atoms with Crippen LogP contribution in [0, 0.1) is 0 Å². The number of phenolic OH excluding ortho intramolecular Hbond substituents is 1. The molecule has 1 aromatic rings. The van der Waals surface area contributed by atoms with E-state index in [4.69, 9.17) is 0 Å². The average molecular weight is 250 g/mol. The highest BCUT2D eigenvalue weighted by molar-refractivity contribution is 5.91. The average Bonchev–Trinajstić information content (AvgIpc) is 2.32. The topological polar surface area (TPSA) is 57.5 Å². The molecule has 0 aliphatic rings. The Kier molecular flexibility index (Phi) is 5.69. The third-order valence-electron chi connectivity index (χ3n) is 3.10. The second-order valence-electron chi connectivity index (χ2n) is 4.65. The molecule has 3 nitrogen and oxygen atoms in total. The Bertz CT molecular complexity index is 381. The highest BCUT2D eigenvalue weighted by atomic mass is 16.4. The van der Waals surface area contributed by atoms with Crippen molar-refractivity contribution < 1.29 is 15.0 Å². The largest absolute Gasteiger partial charge is 0.508 e. The van der Waals surface area contributed by atoms with Crippen LogP contribution in [0.15, 0.2) is 12.1 Å². The molecule has 0 radical (unpaired) electrons. The van der Waals surface area contributed by atoms with Gasteiger partial charge in [0.25, 0.3) is 0 Å². The van der Waals surface area contributed by atoms with Gasteiger partial charge in [0.05, 0.1) is 5.56 Å². The number of carboxylic acids is 1. The minimum absolute atomic E-state index is 0.178. The number of hydrogen-bond acceptors (Lipinski definition) is 2. The number of aromatic hydroxyl groups is 1. The standard InChI is InChI=1S/C15H22O3/c1-3-5-7-11-9-13(16)10-12(8-6-4-2)14(11)15(17)18/h9-10,16H,3-8H2,1-2H3,(H,17,18). The molecule has 0 heterocycles. The van der Waals surface area contributed by atoms with Gasteiger partial charge >= 0.3 is 5.97 Å². The van der Waals surface area contributed by atoms with Crippen molar-refractivity contribution in [2.24, 2.45) is 0 Å². The molecule has 0 spiro atoms.